The number of carbonyl (C=O) groups is 2. The minimum absolute atomic E-state index is 0.135. The summed E-state index contributed by atoms with van der Waals surface area (Å²) >= 11 is 0. The Hall–Kier alpha value is -1.95. The first kappa shape index (κ1) is 20.8. The van der Waals surface area contributed by atoms with E-state index < -0.39 is 0 Å². The molecule has 1 aromatic carbocycles. The lowest BCUT2D eigenvalue weighted by atomic mass is 9.91. The molecule has 0 bridgehead atoms. The number of ketones is 1. The van der Waals surface area contributed by atoms with Crippen molar-refractivity contribution in [1.29, 1.82) is 0 Å². The van der Waals surface area contributed by atoms with Crippen molar-refractivity contribution in [2.45, 2.75) is 40.2 Å². The monoisotopic (exact) mass is 389 g/mol. The van der Waals surface area contributed by atoms with Gasteiger partial charge in [-0.3, -0.25) is 14.5 Å². The molecule has 0 unspecified atom stereocenters. The van der Waals surface area contributed by atoms with Crippen molar-refractivity contribution >= 4 is 17.4 Å². The van der Waals surface area contributed by atoms with Crippen molar-refractivity contribution in [3.05, 3.63) is 29.6 Å². The fourth-order valence-electron chi connectivity index (χ4n) is 4.60. The Bertz CT molecular complexity index is 720. The van der Waals surface area contributed by atoms with Gasteiger partial charge in [0.15, 0.2) is 5.78 Å². The van der Waals surface area contributed by atoms with E-state index in [9.17, 15) is 14.0 Å². The molecule has 154 valence electrons. The predicted molar refractivity (Wildman–Crippen MR) is 109 cm³/mol. The Morgan fingerprint density at radius 1 is 1.07 bits per heavy atom. The van der Waals surface area contributed by atoms with Crippen LogP contribution in [-0.4, -0.2) is 66.8 Å². The molecule has 3 rings (SSSR count). The largest absolute Gasteiger partial charge is 0.367 e. The molecule has 5 nitrogen and oxygen atoms in total. The minimum Gasteiger partial charge on any atom is -0.367 e. The SMILES string of the molecule is CC(=O)c1ccc(N2CCN([C@H](C)C(=O)N3C[C@H](C)C[C@H](C)C3)CC2)c(F)c1. The molecule has 2 heterocycles. The molecule has 3 atom stereocenters. The molecule has 0 spiro atoms. The van der Waals surface area contributed by atoms with E-state index in [-0.39, 0.29) is 23.5 Å². The molecule has 2 fully saturated rings. The maximum absolute atomic E-state index is 14.4. The number of carbonyl (C=O) groups excluding carboxylic acids is 2. The molecule has 1 amide bonds. The van der Waals surface area contributed by atoms with E-state index in [0.29, 0.717) is 36.2 Å². The van der Waals surface area contributed by atoms with Gasteiger partial charge in [-0.05, 0) is 50.3 Å². The number of likely N-dealkylation sites (tertiary alicyclic amines) is 1. The fraction of sp³-hybridized carbons (Fsp3) is 0.636. The van der Waals surface area contributed by atoms with Gasteiger partial charge in [0.1, 0.15) is 5.82 Å². The van der Waals surface area contributed by atoms with E-state index in [2.05, 4.69) is 18.7 Å². The van der Waals surface area contributed by atoms with E-state index >= 15 is 0 Å². The van der Waals surface area contributed by atoms with E-state index in [4.69, 9.17) is 0 Å². The minimum atomic E-state index is -0.360. The number of hydrogen-bond acceptors (Lipinski definition) is 4. The summed E-state index contributed by atoms with van der Waals surface area (Å²) in [6.07, 6.45) is 1.19. The summed E-state index contributed by atoms with van der Waals surface area (Å²) in [6, 6.07) is 4.53. The molecule has 1 aromatic rings. The molecule has 0 N–H and O–H groups in total. The zero-order valence-corrected chi connectivity index (χ0v) is 17.4. The van der Waals surface area contributed by atoms with Crippen molar-refractivity contribution in [3.8, 4) is 0 Å². The first-order chi connectivity index (χ1) is 13.3. The molecular weight excluding hydrogens is 357 g/mol. The lowest BCUT2D eigenvalue weighted by molar-refractivity contribution is -0.139. The van der Waals surface area contributed by atoms with E-state index in [1.165, 1.54) is 19.4 Å². The van der Waals surface area contributed by atoms with Crippen LogP contribution >= 0.6 is 0 Å². The number of benzene rings is 1. The van der Waals surface area contributed by atoms with Gasteiger partial charge in [0, 0.05) is 44.8 Å². The average molecular weight is 390 g/mol. The lowest BCUT2D eigenvalue weighted by Gasteiger charge is -2.42. The number of hydrogen-bond donors (Lipinski definition) is 0. The molecule has 28 heavy (non-hydrogen) atoms. The van der Waals surface area contributed by atoms with Gasteiger partial charge in [-0.1, -0.05) is 13.8 Å². The van der Waals surface area contributed by atoms with Gasteiger partial charge in [0.05, 0.1) is 11.7 Å². The molecule has 0 radical (unpaired) electrons. The zero-order valence-electron chi connectivity index (χ0n) is 17.4. The Labute approximate surface area is 167 Å². The smallest absolute Gasteiger partial charge is 0.239 e. The highest BCUT2D eigenvalue weighted by Gasteiger charge is 2.32. The van der Waals surface area contributed by atoms with E-state index in [0.717, 1.165) is 26.2 Å². The van der Waals surface area contributed by atoms with E-state index in [1.54, 1.807) is 12.1 Å². The second kappa shape index (κ2) is 8.60. The van der Waals surface area contributed by atoms with Gasteiger partial charge >= 0.3 is 0 Å². The molecule has 2 saturated heterocycles. The Morgan fingerprint density at radius 3 is 2.21 bits per heavy atom. The molecule has 6 heteroatoms. The van der Waals surface area contributed by atoms with Gasteiger partial charge < -0.3 is 9.80 Å². The number of halogens is 1. The highest BCUT2D eigenvalue weighted by atomic mass is 19.1. The predicted octanol–water partition coefficient (Wildman–Crippen LogP) is 3.04. The maximum Gasteiger partial charge on any atom is 0.239 e. The second-order valence-corrected chi connectivity index (χ2v) is 8.61. The maximum atomic E-state index is 14.4. The van der Waals surface area contributed by atoms with Crippen molar-refractivity contribution in [2.75, 3.05) is 44.2 Å². The van der Waals surface area contributed by atoms with Crippen molar-refractivity contribution < 1.29 is 14.0 Å². The Morgan fingerprint density at radius 2 is 1.68 bits per heavy atom. The Kier molecular flexibility index (Phi) is 6.38. The number of amides is 1. The molecule has 2 aliphatic heterocycles. The van der Waals surface area contributed by atoms with Gasteiger partial charge in [-0.15, -0.1) is 0 Å². The molecule has 0 saturated carbocycles. The zero-order chi connectivity index (χ0) is 20.4. The van der Waals surface area contributed by atoms with Gasteiger partial charge in [-0.25, -0.2) is 4.39 Å². The Balaban J connectivity index is 1.59. The first-order valence-corrected chi connectivity index (χ1v) is 10.3. The van der Waals surface area contributed by atoms with Crippen molar-refractivity contribution in [1.82, 2.24) is 9.80 Å². The number of nitrogens with zero attached hydrogens (tertiary/aromatic N) is 3. The van der Waals surface area contributed by atoms with Crippen LogP contribution in [0.2, 0.25) is 0 Å². The van der Waals surface area contributed by atoms with Gasteiger partial charge in [0.25, 0.3) is 0 Å². The number of anilines is 1. The van der Waals surface area contributed by atoms with Crippen LogP contribution in [0, 0.1) is 17.7 Å². The van der Waals surface area contributed by atoms with Crippen LogP contribution in [-0.2, 0) is 4.79 Å². The second-order valence-electron chi connectivity index (χ2n) is 8.61. The topological polar surface area (TPSA) is 43.9 Å². The van der Waals surface area contributed by atoms with Crippen LogP contribution in [0.1, 0.15) is 44.5 Å². The van der Waals surface area contributed by atoms with Crippen LogP contribution in [0.25, 0.3) is 0 Å². The van der Waals surface area contributed by atoms with Gasteiger partial charge in [-0.2, -0.15) is 0 Å². The summed E-state index contributed by atoms with van der Waals surface area (Å²) < 4.78 is 14.4. The van der Waals surface area contributed by atoms with Crippen LogP contribution in [0.15, 0.2) is 18.2 Å². The normalized spacial score (nSPS) is 24.9. The van der Waals surface area contributed by atoms with Crippen LogP contribution in [0.3, 0.4) is 0 Å². The van der Waals surface area contributed by atoms with Crippen LogP contribution < -0.4 is 4.90 Å². The average Bonchev–Trinajstić information content (AvgIpc) is 2.66. The third-order valence-corrected chi connectivity index (χ3v) is 6.09. The van der Waals surface area contributed by atoms with Crippen molar-refractivity contribution in [3.63, 3.8) is 0 Å². The third-order valence-electron chi connectivity index (χ3n) is 6.09. The highest BCUT2D eigenvalue weighted by molar-refractivity contribution is 5.94. The summed E-state index contributed by atoms with van der Waals surface area (Å²) in [5.74, 6) is 0.824. The summed E-state index contributed by atoms with van der Waals surface area (Å²) in [7, 11) is 0. The first-order valence-electron chi connectivity index (χ1n) is 10.3. The summed E-state index contributed by atoms with van der Waals surface area (Å²) in [5.41, 5.74) is 0.923. The fourth-order valence-corrected chi connectivity index (χ4v) is 4.60. The lowest BCUT2D eigenvalue weighted by Crippen LogP contribution is -2.56. The van der Waals surface area contributed by atoms with E-state index in [1.807, 2.05) is 16.7 Å². The van der Waals surface area contributed by atoms with Crippen molar-refractivity contribution in [2.24, 2.45) is 11.8 Å². The molecule has 0 aliphatic carbocycles. The summed E-state index contributed by atoms with van der Waals surface area (Å²) in [6.45, 7) is 12.3. The summed E-state index contributed by atoms with van der Waals surface area (Å²) in [5, 5.41) is 0. The van der Waals surface area contributed by atoms with Crippen LogP contribution in [0.5, 0.6) is 0 Å². The number of Topliss-reactive ketones (excluding diaryl/α,β-unsaturated/α-hetero) is 1. The number of rotatable bonds is 4. The standard InChI is InChI=1S/C22H32FN3O2/c1-15-11-16(2)14-26(13-15)22(28)17(3)24-7-9-25(10-8-24)21-6-5-19(18(4)27)12-20(21)23/h5-6,12,15-17H,7-11,13-14H2,1-4H3/t15-,16+,17-/m1/s1. The van der Waals surface area contributed by atoms with Crippen LogP contribution in [0.4, 0.5) is 10.1 Å². The quantitative estimate of drug-likeness (QED) is 0.743. The number of piperidine rings is 1. The number of piperazine rings is 1. The summed E-state index contributed by atoms with van der Waals surface area (Å²) in [4.78, 5) is 30.6. The third kappa shape index (κ3) is 4.54. The van der Waals surface area contributed by atoms with Gasteiger partial charge in [0.2, 0.25) is 5.91 Å². The molecule has 2 aliphatic rings. The highest BCUT2D eigenvalue weighted by Crippen LogP contribution is 2.25. The molecule has 0 aromatic heterocycles. The molecular formula is C22H32FN3O2.